The maximum Gasteiger partial charge on any atom is 0.175 e. The smallest absolute Gasteiger partial charge is 0.175 e. The number of rotatable bonds is 7. The average molecular weight is 386 g/mol. The van der Waals surface area contributed by atoms with Crippen molar-refractivity contribution in [1.82, 2.24) is 4.90 Å². The van der Waals surface area contributed by atoms with Gasteiger partial charge in [0, 0.05) is 12.3 Å². The molecule has 0 heterocycles. The first-order chi connectivity index (χ1) is 12.9. The highest BCUT2D eigenvalue weighted by molar-refractivity contribution is 7.90. The summed E-state index contributed by atoms with van der Waals surface area (Å²) in [6.07, 6.45) is 8.43. The molecule has 0 spiro atoms. The van der Waals surface area contributed by atoms with E-state index in [1.807, 2.05) is 12.1 Å². The van der Waals surface area contributed by atoms with Crippen LogP contribution in [0.3, 0.4) is 0 Å². The van der Waals surface area contributed by atoms with Gasteiger partial charge in [-0.1, -0.05) is 42.5 Å². The van der Waals surface area contributed by atoms with Crippen molar-refractivity contribution in [2.75, 3.05) is 19.8 Å². The second-order valence-electron chi connectivity index (χ2n) is 7.92. The van der Waals surface area contributed by atoms with Crippen LogP contribution in [0.5, 0.6) is 0 Å². The summed E-state index contributed by atoms with van der Waals surface area (Å²) in [4.78, 5) is 2.95. The fraction of sp³-hybridized carbons (Fsp3) is 0.478. The molecule has 2 aromatic carbocycles. The maximum atomic E-state index is 11.6. The Morgan fingerprint density at radius 2 is 1.56 bits per heavy atom. The Balaban J connectivity index is 1.45. The third kappa shape index (κ3) is 5.66. The van der Waals surface area contributed by atoms with Crippen LogP contribution in [0.25, 0.3) is 0 Å². The second-order valence-corrected chi connectivity index (χ2v) is 9.93. The lowest BCUT2D eigenvalue weighted by molar-refractivity contribution is 0.181. The van der Waals surface area contributed by atoms with Crippen molar-refractivity contribution in [3.63, 3.8) is 0 Å². The summed E-state index contributed by atoms with van der Waals surface area (Å²) in [6, 6.07) is 18.9. The van der Waals surface area contributed by atoms with Gasteiger partial charge < -0.3 is 4.90 Å². The van der Waals surface area contributed by atoms with Crippen molar-refractivity contribution in [3.05, 3.63) is 65.7 Å². The molecule has 4 heteroatoms. The fourth-order valence-electron chi connectivity index (χ4n) is 4.20. The molecule has 1 aliphatic rings. The molecular weight excluding hydrogens is 354 g/mol. The molecule has 3 nitrogen and oxygen atoms in total. The van der Waals surface area contributed by atoms with E-state index < -0.39 is 9.84 Å². The third-order valence-corrected chi connectivity index (χ3v) is 7.05. The van der Waals surface area contributed by atoms with Gasteiger partial charge in [0.15, 0.2) is 9.84 Å². The topological polar surface area (TPSA) is 37.4 Å². The minimum Gasteiger partial charge on any atom is -0.303 e. The Morgan fingerprint density at radius 1 is 0.926 bits per heavy atom. The molecule has 0 aliphatic heterocycles. The molecular formula is C23H31NO2S. The van der Waals surface area contributed by atoms with Gasteiger partial charge in [0.05, 0.1) is 4.90 Å². The van der Waals surface area contributed by atoms with E-state index >= 15 is 0 Å². The number of sulfone groups is 1. The standard InChI is InChI=1S/C23H31NO2S/c1-24(18-6-9-19-7-4-3-5-8-19)22-14-10-20(11-15-22)21-12-16-23(17-13-21)27(2,25)26/h3-5,7-8,12-13,16-17,20,22H,6,9-11,14-15,18H2,1-2H3. The van der Waals surface area contributed by atoms with Gasteiger partial charge in [0.25, 0.3) is 0 Å². The largest absolute Gasteiger partial charge is 0.303 e. The van der Waals surface area contributed by atoms with Crippen LogP contribution in [-0.2, 0) is 16.3 Å². The van der Waals surface area contributed by atoms with Crippen LogP contribution < -0.4 is 0 Å². The zero-order valence-electron chi connectivity index (χ0n) is 16.5. The lowest BCUT2D eigenvalue weighted by atomic mass is 9.81. The highest BCUT2D eigenvalue weighted by Crippen LogP contribution is 2.34. The van der Waals surface area contributed by atoms with Gasteiger partial charge in [0.2, 0.25) is 0 Å². The molecule has 1 aliphatic carbocycles. The van der Waals surface area contributed by atoms with Crippen molar-refractivity contribution in [2.45, 2.75) is 55.4 Å². The summed E-state index contributed by atoms with van der Waals surface area (Å²) in [7, 11) is -0.845. The minimum absolute atomic E-state index is 0.415. The fourth-order valence-corrected chi connectivity index (χ4v) is 4.83. The van der Waals surface area contributed by atoms with Gasteiger partial charge in [-0.25, -0.2) is 8.42 Å². The van der Waals surface area contributed by atoms with Gasteiger partial charge in [-0.3, -0.25) is 0 Å². The van der Waals surface area contributed by atoms with Crippen molar-refractivity contribution in [3.8, 4) is 0 Å². The molecule has 3 rings (SSSR count). The Labute approximate surface area is 164 Å². The summed E-state index contributed by atoms with van der Waals surface area (Å²) in [5.41, 5.74) is 2.71. The van der Waals surface area contributed by atoms with Crippen LogP contribution in [0.4, 0.5) is 0 Å². The Hall–Kier alpha value is -1.65. The van der Waals surface area contributed by atoms with Crippen molar-refractivity contribution in [2.24, 2.45) is 0 Å². The highest BCUT2D eigenvalue weighted by atomic mass is 32.2. The SMILES string of the molecule is CN(CCCc1ccccc1)C1CCC(c2ccc(S(C)(=O)=O)cc2)CC1. The summed E-state index contributed by atoms with van der Waals surface area (Å²) in [5.74, 6) is 0.563. The molecule has 0 saturated heterocycles. The molecule has 146 valence electrons. The highest BCUT2D eigenvalue weighted by Gasteiger charge is 2.25. The first kappa shape index (κ1) is 20.1. The number of hydrogen-bond acceptors (Lipinski definition) is 3. The summed E-state index contributed by atoms with van der Waals surface area (Å²) < 4.78 is 23.2. The quantitative estimate of drug-likeness (QED) is 0.694. The summed E-state index contributed by atoms with van der Waals surface area (Å²) in [5, 5.41) is 0. The van der Waals surface area contributed by atoms with Gasteiger partial charge in [-0.05, 0) is 81.3 Å². The molecule has 0 radical (unpaired) electrons. The predicted molar refractivity (Wildman–Crippen MR) is 112 cm³/mol. The van der Waals surface area contributed by atoms with E-state index in [0.29, 0.717) is 16.9 Å². The lowest BCUT2D eigenvalue weighted by Gasteiger charge is -2.35. The summed E-state index contributed by atoms with van der Waals surface area (Å²) >= 11 is 0. The number of nitrogens with zero attached hydrogens (tertiary/aromatic N) is 1. The number of benzene rings is 2. The molecule has 0 bridgehead atoms. The van der Waals surface area contributed by atoms with Crippen molar-refractivity contribution < 1.29 is 8.42 Å². The zero-order valence-corrected chi connectivity index (χ0v) is 17.3. The second kappa shape index (κ2) is 9.03. The number of aryl methyl sites for hydroxylation is 1. The molecule has 27 heavy (non-hydrogen) atoms. The van der Waals surface area contributed by atoms with Gasteiger partial charge in [-0.15, -0.1) is 0 Å². The molecule has 0 atom stereocenters. The molecule has 1 saturated carbocycles. The first-order valence-corrected chi connectivity index (χ1v) is 11.9. The van der Waals surface area contributed by atoms with E-state index in [-0.39, 0.29) is 0 Å². The Bertz CT molecular complexity index is 807. The van der Waals surface area contributed by atoms with Crippen LogP contribution in [0.15, 0.2) is 59.5 Å². The van der Waals surface area contributed by atoms with E-state index in [4.69, 9.17) is 0 Å². The van der Waals surface area contributed by atoms with E-state index in [0.717, 1.165) is 13.0 Å². The lowest BCUT2D eigenvalue weighted by Crippen LogP contribution is -2.35. The minimum atomic E-state index is -3.11. The van der Waals surface area contributed by atoms with Crippen molar-refractivity contribution >= 4 is 9.84 Å². The van der Waals surface area contributed by atoms with Gasteiger partial charge in [0.1, 0.15) is 0 Å². The van der Waals surface area contributed by atoms with Crippen LogP contribution in [0.2, 0.25) is 0 Å². The van der Waals surface area contributed by atoms with E-state index in [1.165, 1.54) is 49.5 Å². The molecule has 1 fully saturated rings. The Morgan fingerprint density at radius 3 is 2.15 bits per heavy atom. The molecule has 2 aromatic rings. The van der Waals surface area contributed by atoms with E-state index in [9.17, 15) is 8.42 Å². The van der Waals surface area contributed by atoms with E-state index in [2.05, 4.69) is 42.3 Å². The molecule has 0 aromatic heterocycles. The van der Waals surface area contributed by atoms with Crippen LogP contribution in [0.1, 0.15) is 49.1 Å². The average Bonchev–Trinajstić information content (AvgIpc) is 2.68. The van der Waals surface area contributed by atoms with Crippen molar-refractivity contribution in [1.29, 1.82) is 0 Å². The number of hydrogen-bond donors (Lipinski definition) is 0. The molecule has 0 amide bonds. The van der Waals surface area contributed by atoms with Crippen LogP contribution >= 0.6 is 0 Å². The first-order valence-electron chi connectivity index (χ1n) is 9.97. The molecule has 0 unspecified atom stereocenters. The van der Waals surface area contributed by atoms with Gasteiger partial charge in [-0.2, -0.15) is 0 Å². The third-order valence-electron chi connectivity index (χ3n) is 5.92. The maximum absolute atomic E-state index is 11.6. The zero-order chi connectivity index (χ0) is 19.3. The van der Waals surface area contributed by atoms with Crippen LogP contribution in [-0.4, -0.2) is 39.2 Å². The van der Waals surface area contributed by atoms with Crippen LogP contribution in [0, 0.1) is 0 Å². The molecule has 0 N–H and O–H groups in total. The Kier molecular flexibility index (Phi) is 6.72. The normalized spacial score (nSPS) is 20.7. The predicted octanol–water partition coefficient (Wildman–Crippen LogP) is 4.68. The van der Waals surface area contributed by atoms with Gasteiger partial charge >= 0.3 is 0 Å². The monoisotopic (exact) mass is 385 g/mol. The summed E-state index contributed by atoms with van der Waals surface area (Å²) in [6.45, 7) is 1.15. The van der Waals surface area contributed by atoms with E-state index in [1.54, 1.807) is 12.1 Å².